The summed E-state index contributed by atoms with van der Waals surface area (Å²) >= 11 is 1.27. The van der Waals surface area contributed by atoms with Gasteiger partial charge in [0.2, 0.25) is 5.91 Å². The number of carbonyl (C=O) groups excluding carboxylic acids is 2. The van der Waals surface area contributed by atoms with E-state index in [4.69, 9.17) is 10.5 Å². The Hall–Kier alpha value is -1.40. The first kappa shape index (κ1) is 14.0. The lowest BCUT2D eigenvalue weighted by atomic mass is 9.75. The lowest BCUT2D eigenvalue weighted by Gasteiger charge is -2.37. The molecule has 0 unspecified atom stereocenters. The smallest absolute Gasteiger partial charge is 0.350 e. The summed E-state index contributed by atoms with van der Waals surface area (Å²) in [4.78, 5) is 24.0. The van der Waals surface area contributed by atoms with Crippen molar-refractivity contribution in [1.29, 1.82) is 0 Å². The average molecular weight is 282 g/mol. The third kappa shape index (κ3) is 2.96. The number of anilines is 1. The van der Waals surface area contributed by atoms with Crippen LogP contribution in [-0.2, 0) is 9.53 Å². The van der Waals surface area contributed by atoms with Gasteiger partial charge in [0.25, 0.3) is 0 Å². The molecule has 5 nitrogen and oxygen atoms in total. The van der Waals surface area contributed by atoms with E-state index in [0.717, 1.165) is 24.8 Å². The minimum Gasteiger partial charge on any atom is -0.465 e. The second kappa shape index (κ2) is 5.30. The molecule has 6 heteroatoms. The van der Waals surface area contributed by atoms with Crippen molar-refractivity contribution >= 4 is 28.9 Å². The molecule has 2 rings (SSSR count). The summed E-state index contributed by atoms with van der Waals surface area (Å²) in [6, 6.07) is 0. The topological polar surface area (TPSA) is 81.4 Å². The van der Waals surface area contributed by atoms with Gasteiger partial charge in [0.15, 0.2) is 0 Å². The number of carbonyl (C=O) groups is 2. The van der Waals surface area contributed by atoms with Gasteiger partial charge in [-0.2, -0.15) is 0 Å². The van der Waals surface area contributed by atoms with Gasteiger partial charge in [0.1, 0.15) is 4.88 Å². The van der Waals surface area contributed by atoms with Gasteiger partial charge in [-0.15, -0.1) is 11.3 Å². The highest BCUT2D eigenvalue weighted by Gasteiger charge is 2.35. The van der Waals surface area contributed by atoms with Crippen LogP contribution in [0.1, 0.15) is 40.9 Å². The van der Waals surface area contributed by atoms with Gasteiger partial charge in [0.05, 0.1) is 12.8 Å². The predicted molar refractivity (Wildman–Crippen MR) is 74.4 cm³/mol. The molecule has 0 saturated heterocycles. The number of methoxy groups -OCH3 is 1. The van der Waals surface area contributed by atoms with Crippen LogP contribution in [0.3, 0.4) is 0 Å². The Bertz CT molecular complexity index is 506. The van der Waals surface area contributed by atoms with Gasteiger partial charge < -0.3 is 15.8 Å². The largest absolute Gasteiger partial charge is 0.465 e. The Morgan fingerprint density at radius 2 is 2.21 bits per heavy atom. The number of thiophene rings is 1. The second-order valence-electron chi connectivity index (χ2n) is 5.06. The number of rotatable bonds is 4. The maximum absolute atomic E-state index is 12.0. The molecule has 0 spiro atoms. The number of amides is 1. The second-order valence-corrected chi connectivity index (χ2v) is 5.93. The Balaban J connectivity index is 2.08. The van der Waals surface area contributed by atoms with Gasteiger partial charge in [-0.05, 0) is 37.1 Å². The van der Waals surface area contributed by atoms with Gasteiger partial charge in [-0.1, -0.05) is 0 Å². The summed E-state index contributed by atoms with van der Waals surface area (Å²) in [5, 5.41) is 4.61. The fourth-order valence-corrected chi connectivity index (χ4v) is 3.08. The number of nitrogens with one attached hydrogen (secondary N) is 1. The summed E-state index contributed by atoms with van der Waals surface area (Å²) in [7, 11) is 1.33. The molecule has 19 heavy (non-hydrogen) atoms. The van der Waals surface area contributed by atoms with Crippen LogP contribution < -0.4 is 11.1 Å². The number of ether oxygens (including phenoxy) is 1. The molecule has 1 aliphatic rings. The summed E-state index contributed by atoms with van der Waals surface area (Å²) in [5.41, 5.74) is 7.09. The number of hydrogen-bond donors (Lipinski definition) is 2. The number of hydrogen-bond acceptors (Lipinski definition) is 5. The Labute approximate surface area is 116 Å². The monoisotopic (exact) mass is 282 g/mol. The van der Waals surface area contributed by atoms with E-state index in [2.05, 4.69) is 5.32 Å². The minimum atomic E-state index is -0.431. The van der Waals surface area contributed by atoms with Gasteiger partial charge in [0, 0.05) is 12.0 Å². The fraction of sp³-hybridized carbons (Fsp3) is 0.538. The Morgan fingerprint density at radius 3 is 2.74 bits per heavy atom. The average Bonchev–Trinajstić information content (AvgIpc) is 2.68. The van der Waals surface area contributed by atoms with Crippen molar-refractivity contribution in [3.8, 4) is 0 Å². The fourth-order valence-electron chi connectivity index (χ4n) is 2.15. The van der Waals surface area contributed by atoms with E-state index in [1.165, 1.54) is 18.4 Å². The van der Waals surface area contributed by atoms with E-state index in [9.17, 15) is 9.59 Å². The third-order valence-corrected chi connectivity index (χ3v) is 4.55. The van der Waals surface area contributed by atoms with Crippen molar-refractivity contribution in [2.75, 3.05) is 12.4 Å². The van der Waals surface area contributed by atoms with Gasteiger partial charge in [-0.3, -0.25) is 4.79 Å². The number of nitrogens with two attached hydrogens (primary N) is 1. The number of esters is 1. The first-order valence-corrected chi connectivity index (χ1v) is 7.08. The van der Waals surface area contributed by atoms with Crippen LogP contribution in [0.15, 0.2) is 5.38 Å². The summed E-state index contributed by atoms with van der Waals surface area (Å²) in [6.45, 7) is 1.85. The lowest BCUT2D eigenvalue weighted by Crippen LogP contribution is -2.49. The Kier molecular flexibility index (Phi) is 3.91. The molecule has 1 saturated carbocycles. The van der Waals surface area contributed by atoms with Crippen molar-refractivity contribution in [3.05, 3.63) is 15.8 Å². The Morgan fingerprint density at radius 1 is 1.53 bits per heavy atom. The molecule has 1 aliphatic carbocycles. The zero-order valence-electron chi connectivity index (χ0n) is 11.1. The number of aryl methyl sites for hydroxylation is 1. The molecule has 0 radical (unpaired) electrons. The summed E-state index contributed by atoms with van der Waals surface area (Å²) < 4.78 is 4.70. The SMILES string of the molecule is COC(=O)c1scc(C)c1NC(=O)CC1(N)CCC1. The van der Waals surface area contributed by atoms with E-state index >= 15 is 0 Å². The highest BCUT2D eigenvalue weighted by molar-refractivity contribution is 7.12. The molecule has 0 aromatic carbocycles. The third-order valence-electron chi connectivity index (χ3n) is 3.47. The molecule has 1 amide bonds. The van der Waals surface area contributed by atoms with Gasteiger partial charge in [-0.25, -0.2) is 4.79 Å². The summed E-state index contributed by atoms with van der Waals surface area (Å²) in [6.07, 6.45) is 3.14. The van der Waals surface area contributed by atoms with Crippen molar-refractivity contribution in [2.45, 2.75) is 38.1 Å². The maximum atomic E-state index is 12.0. The zero-order valence-corrected chi connectivity index (χ0v) is 11.9. The molecule has 1 fully saturated rings. The van der Waals surface area contributed by atoms with Crippen LogP contribution in [0.5, 0.6) is 0 Å². The van der Waals surface area contributed by atoms with Crippen LogP contribution in [-0.4, -0.2) is 24.5 Å². The minimum absolute atomic E-state index is 0.145. The van der Waals surface area contributed by atoms with E-state index in [0.29, 0.717) is 17.0 Å². The van der Waals surface area contributed by atoms with E-state index in [1.54, 1.807) is 0 Å². The first-order valence-electron chi connectivity index (χ1n) is 6.20. The van der Waals surface area contributed by atoms with Crippen molar-refractivity contribution in [3.63, 3.8) is 0 Å². The van der Waals surface area contributed by atoms with Crippen molar-refractivity contribution in [2.24, 2.45) is 5.73 Å². The molecular formula is C13H18N2O3S. The predicted octanol–water partition coefficient (Wildman–Crippen LogP) is 2.05. The van der Waals surface area contributed by atoms with Crippen LogP contribution >= 0.6 is 11.3 Å². The molecule has 0 atom stereocenters. The normalized spacial score (nSPS) is 16.6. The van der Waals surface area contributed by atoms with Crippen LogP contribution in [0.4, 0.5) is 5.69 Å². The van der Waals surface area contributed by atoms with Crippen molar-refractivity contribution in [1.82, 2.24) is 0 Å². The molecule has 104 valence electrons. The first-order chi connectivity index (χ1) is 8.95. The standard InChI is InChI=1S/C13H18N2O3S/c1-8-7-19-11(12(17)18-2)10(8)15-9(16)6-13(14)4-3-5-13/h7H,3-6,14H2,1-2H3,(H,15,16). The summed E-state index contributed by atoms with van der Waals surface area (Å²) in [5.74, 6) is -0.576. The molecule has 1 aromatic heterocycles. The van der Waals surface area contributed by atoms with Gasteiger partial charge >= 0.3 is 5.97 Å². The molecule has 0 aliphatic heterocycles. The molecule has 1 heterocycles. The van der Waals surface area contributed by atoms with Crippen LogP contribution in [0, 0.1) is 6.92 Å². The van der Waals surface area contributed by atoms with Crippen LogP contribution in [0.2, 0.25) is 0 Å². The highest BCUT2D eigenvalue weighted by atomic mass is 32.1. The maximum Gasteiger partial charge on any atom is 0.350 e. The van der Waals surface area contributed by atoms with Crippen molar-refractivity contribution < 1.29 is 14.3 Å². The van der Waals surface area contributed by atoms with E-state index in [1.807, 2.05) is 12.3 Å². The molecule has 0 bridgehead atoms. The quantitative estimate of drug-likeness (QED) is 0.828. The molecule has 1 aromatic rings. The molecular weight excluding hydrogens is 264 g/mol. The lowest BCUT2D eigenvalue weighted by molar-refractivity contribution is -0.118. The van der Waals surface area contributed by atoms with E-state index in [-0.39, 0.29) is 11.4 Å². The molecule has 3 N–H and O–H groups in total. The van der Waals surface area contributed by atoms with E-state index < -0.39 is 5.97 Å². The zero-order chi connectivity index (χ0) is 14.0. The highest BCUT2D eigenvalue weighted by Crippen LogP contribution is 2.33. The van der Waals surface area contributed by atoms with Crippen LogP contribution in [0.25, 0.3) is 0 Å².